The van der Waals surface area contributed by atoms with Crippen LogP contribution in [-0.4, -0.2) is 29.0 Å². The highest BCUT2D eigenvalue weighted by Crippen LogP contribution is 2.35. The summed E-state index contributed by atoms with van der Waals surface area (Å²) in [7, 11) is 1.48. The number of nitrogens with zero attached hydrogens (tertiary/aromatic N) is 2. The predicted molar refractivity (Wildman–Crippen MR) is 101 cm³/mol. The van der Waals surface area contributed by atoms with Gasteiger partial charge in [-0.15, -0.1) is 0 Å². The van der Waals surface area contributed by atoms with Crippen molar-refractivity contribution in [3.63, 3.8) is 0 Å². The molecule has 8 heteroatoms. The highest BCUT2D eigenvalue weighted by molar-refractivity contribution is 6.14. The molecule has 0 N–H and O–H groups in total. The Balaban J connectivity index is 1.40. The Kier molecular flexibility index (Phi) is 5.07. The maximum absolute atomic E-state index is 12.5. The van der Waals surface area contributed by atoms with Crippen LogP contribution in [0.4, 0.5) is 0 Å². The highest BCUT2D eigenvalue weighted by atomic mass is 16.5. The summed E-state index contributed by atoms with van der Waals surface area (Å²) in [5, 5.41) is 3.67. The third-order valence-electron chi connectivity index (χ3n) is 4.20. The number of ketones is 1. The molecule has 0 amide bonds. The Morgan fingerprint density at radius 3 is 2.76 bits per heavy atom. The van der Waals surface area contributed by atoms with Crippen LogP contribution in [0.3, 0.4) is 0 Å². The SMILES string of the molecule is COc1cc(CCC(=O)Oc2ccc3c(c2)O/C(=C\c2ccncc2)C3=O)on1. The van der Waals surface area contributed by atoms with Crippen LogP contribution < -0.4 is 14.2 Å². The lowest BCUT2D eigenvalue weighted by molar-refractivity contribution is -0.134. The van der Waals surface area contributed by atoms with Gasteiger partial charge in [0.2, 0.25) is 5.78 Å². The minimum absolute atomic E-state index is 0.0996. The van der Waals surface area contributed by atoms with Gasteiger partial charge in [-0.1, -0.05) is 0 Å². The van der Waals surface area contributed by atoms with Gasteiger partial charge in [0.05, 0.1) is 19.1 Å². The lowest BCUT2D eigenvalue weighted by Crippen LogP contribution is -2.08. The van der Waals surface area contributed by atoms with E-state index < -0.39 is 5.97 Å². The molecule has 3 heterocycles. The van der Waals surface area contributed by atoms with E-state index in [0.717, 1.165) is 5.56 Å². The van der Waals surface area contributed by atoms with Gasteiger partial charge in [-0.25, -0.2) is 0 Å². The second-order valence-corrected chi connectivity index (χ2v) is 6.19. The molecule has 8 nitrogen and oxygen atoms in total. The zero-order valence-electron chi connectivity index (χ0n) is 15.5. The molecule has 0 aliphatic carbocycles. The summed E-state index contributed by atoms with van der Waals surface area (Å²) in [6.45, 7) is 0. The minimum Gasteiger partial charge on any atom is -0.479 e. The first kappa shape index (κ1) is 18.4. The molecule has 1 aliphatic rings. The maximum Gasteiger partial charge on any atom is 0.311 e. The molecule has 1 aliphatic heterocycles. The summed E-state index contributed by atoms with van der Waals surface area (Å²) in [5.41, 5.74) is 1.21. The summed E-state index contributed by atoms with van der Waals surface area (Å²) in [6, 6.07) is 9.81. The van der Waals surface area contributed by atoms with E-state index in [2.05, 4.69) is 10.1 Å². The van der Waals surface area contributed by atoms with Gasteiger partial charge in [0.15, 0.2) is 5.76 Å². The monoisotopic (exact) mass is 392 g/mol. The Morgan fingerprint density at radius 1 is 1.17 bits per heavy atom. The molecular weight excluding hydrogens is 376 g/mol. The second kappa shape index (κ2) is 7.97. The Morgan fingerprint density at radius 2 is 2.00 bits per heavy atom. The molecule has 146 valence electrons. The number of benzene rings is 1. The fourth-order valence-electron chi connectivity index (χ4n) is 2.76. The zero-order valence-corrected chi connectivity index (χ0v) is 15.5. The third kappa shape index (κ3) is 4.16. The van der Waals surface area contributed by atoms with Crippen LogP contribution in [0.15, 0.2) is 59.1 Å². The van der Waals surface area contributed by atoms with Crippen LogP contribution in [-0.2, 0) is 11.2 Å². The zero-order chi connectivity index (χ0) is 20.2. The number of aromatic nitrogens is 2. The van der Waals surface area contributed by atoms with Crippen LogP contribution in [0.25, 0.3) is 6.08 Å². The van der Waals surface area contributed by atoms with Crippen molar-refractivity contribution in [3.05, 3.63) is 71.4 Å². The van der Waals surface area contributed by atoms with Gasteiger partial charge in [-0.3, -0.25) is 14.6 Å². The van der Waals surface area contributed by atoms with Crippen LogP contribution >= 0.6 is 0 Å². The van der Waals surface area contributed by atoms with Crippen molar-refractivity contribution in [2.24, 2.45) is 0 Å². The summed E-state index contributed by atoms with van der Waals surface area (Å²) in [6.07, 6.45) is 5.33. The van der Waals surface area contributed by atoms with E-state index in [4.69, 9.17) is 18.7 Å². The van der Waals surface area contributed by atoms with E-state index in [0.29, 0.717) is 35.1 Å². The van der Waals surface area contributed by atoms with Crippen LogP contribution in [0.1, 0.15) is 28.1 Å². The minimum atomic E-state index is -0.447. The van der Waals surface area contributed by atoms with Crippen LogP contribution in [0.2, 0.25) is 0 Å². The number of rotatable bonds is 6. The predicted octanol–water partition coefficient (Wildman–Crippen LogP) is 3.23. The summed E-state index contributed by atoms with van der Waals surface area (Å²) < 4.78 is 20.9. The van der Waals surface area contributed by atoms with Gasteiger partial charge in [-0.2, -0.15) is 0 Å². The van der Waals surface area contributed by atoms with Gasteiger partial charge in [0, 0.05) is 30.9 Å². The number of ether oxygens (including phenoxy) is 3. The van der Waals surface area contributed by atoms with E-state index in [1.54, 1.807) is 48.8 Å². The maximum atomic E-state index is 12.5. The van der Waals surface area contributed by atoms with Crippen molar-refractivity contribution in [1.82, 2.24) is 10.1 Å². The quantitative estimate of drug-likeness (QED) is 0.358. The first-order chi connectivity index (χ1) is 14.1. The van der Waals surface area contributed by atoms with E-state index >= 15 is 0 Å². The average molecular weight is 392 g/mol. The molecule has 0 saturated carbocycles. The second-order valence-electron chi connectivity index (χ2n) is 6.19. The number of methoxy groups -OCH3 is 1. The molecule has 3 aromatic rings. The van der Waals surface area contributed by atoms with E-state index in [1.807, 2.05) is 0 Å². The number of hydrogen-bond acceptors (Lipinski definition) is 8. The van der Waals surface area contributed by atoms with Crippen molar-refractivity contribution in [3.8, 4) is 17.4 Å². The number of hydrogen-bond donors (Lipinski definition) is 0. The topological polar surface area (TPSA) is 101 Å². The summed E-state index contributed by atoms with van der Waals surface area (Å²) in [4.78, 5) is 28.5. The molecule has 1 aromatic carbocycles. The van der Waals surface area contributed by atoms with Gasteiger partial charge in [-0.05, 0) is 41.1 Å². The van der Waals surface area contributed by atoms with E-state index in [-0.39, 0.29) is 18.0 Å². The highest BCUT2D eigenvalue weighted by Gasteiger charge is 2.28. The number of aryl methyl sites for hydroxylation is 1. The molecule has 4 rings (SSSR count). The van der Waals surface area contributed by atoms with Crippen molar-refractivity contribution in [2.45, 2.75) is 12.8 Å². The molecular formula is C21H16N2O6. The van der Waals surface area contributed by atoms with E-state index in [9.17, 15) is 9.59 Å². The molecule has 0 saturated heterocycles. The molecule has 0 unspecified atom stereocenters. The molecule has 0 radical (unpaired) electrons. The van der Waals surface area contributed by atoms with Gasteiger partial charge >= 0.3 is 5.97 Å². The smallest absolute Gasteiger partial charge is 0.311 e. The first-order valence-electron chi connectivity index (χ1n) is 8.81. The van der Waals surface area contributed by atoms with Crippen molar-refractivity contribution in [2.75, 3.05) is 7.11 Å². The first-order valence-corrected chi connectivity index (χ1v) is 8.81. The fraction of sp³-hybridized carbons (Fsp3) is 0.143. The normalized spacial score (nSPS) is 13.8. The Hall–Kier alpha value is -3.94. The number of esters is 1. The van der Waals surface area contributed by atoms with Crippen LogP contribution in [0.5, 0.6) is 17.4 Å². The number of allylic oxidation sites excluding steroid dienone is 1. The number of Topliss-reactive ketones (excluding diaryl/α,β-unsaturated/α-hetero) is 1. The number of pyridine rings is 1. The van der Waals surface area contributed by atoms with Crippen molar-refractivity contribution in [1.29, 1.82) is 0 Å². The van der Waals surface area contributed by atoms with Crippen LogP contribution in [0, 0.1) is 0 Å². The number of fused-ring (bicyclic) bond motifs is 1. The Labute approximate surface area is 165 Å². The summed E-state index contributed by atoms with van der Waals surface area (Å²) >= 11 is 0. The average Bonchev–Trinajstić information content (AvgIpc) is 3.32. The molecule has 0 spiro atoms. The third-order valence-corrected chi connectivity index (χ3v) is 4.20. The standard InChI is InChI=1S/C21H16N2O6/c1-26-19-12-15(29-23-19)3-5-20(24)27-14-2-4-16-17(11-14)28-18(21(16)25)10-13-6-8-22-9-7-13/h2,4,6-12H,3,5H2,1H3/b18-10-. The molecule has 0 fully saturated rings. The van der Waals surface area contributed by atoms with Gasteiger partial charge < -0.3 is 18.7 Å². The Bertz CT molecular complexity index is 1090. The van der Waals surface area contributed by atoms with E-state index in [1.165, 1.54) is 13.2 Å². The lowest BCUT2D eigenvalue weighted by Gasteiger charge is -2.05. The van der Waals surface area contributed by atoms with Crippen molar-refractivity contribution < 1.29 is 28.3 Å². The largest absolute Gasteiger partial charge is 0.479 e. The summed E-state index contributed by atoms with van der Waals surface area (Å²) in [5.74, 6) is 1.04. The van der Waals surface area contributed by atoms with Crippen molar-refractivity contribution >= 4 is 17.8 Å². The number of carbonyl (C=O) groups excluding carboxylic acids is 2. The number of carbonyl (C=O) groups is 2. The lowest BCUT2D eigenvalue weighted by atomic mass is 10.1. The molecule has 0 bridgehead atoms. The fourth-order valence-corrected chi connectivity index (χ4v) is 2.76. The molecule has 2 aromatic heterocycles. The molecule has 0 atom stereocenters. The van der Waals surface area contributed by atoms with Gasteiger partial charge in [0.25, 0.3) is 5.88 Å². The molecule has 29 heavy (non-hydrogen) atoms. The van der Waals surface area contributed by atoms with Gasteiger partial charge in [0.1, 0.15) is 17.3 Å².